The van der Waals surface area contributed by atoms with Crippen LogP contribution in [0, 0.1) is 5.82 Å². The van der Waals surface area contributed by atoms with Gasteiger partial charge in [-0.15, -0.1) is 0 Å². The molecule has 1 N–H and O–H groups in total. The van der Waals surface area contributed by atoms with Crippen LogP contribution in [0.4, 0.5) is 10.2 Å². The van der Waals surface area contributed by atoms with Crippen molar-refractivity contribution in [3.05, 3.63) is 42.5 Å². The zero-order chi connectivity index (χ0) is 13.7. The third kappa shape index (κ3) is 3.62. The van der Waals surface area contributed by atoms with Gasteiger partial charge in [0.15, 0.2) is 0 Å². The molecule has 1 heterocycles. The summed E-state index contributed by atoms with van der Waals surface area (Å²) in [7, 11) is 1.81. The molecule has 0 atom stereocenters. The maximum absolute atomic E-state index is 12.8. The van der Waals surface area contributed by atoms with Gasteiger partial charge in [0.25, 0.3) is 0 Å². The summed E-state index contributed by atoms with van der Waals surface area (Å²) < 4.78 is 18.3. The van der Waals surface area contributed by atoms with Crippen molar-refractivity contribution in [1.82, 2.24) is 9.97 Å². The van der Waals surface area contributed by atoms with Gasteiger partial charge in [0, 0.05) is 19.7 Å². The zero-order valence-electron chi connectivity index (χ0n) is 10.5. The molecule has 1 aromatic carbocycles. The third-order valence-corrected chi connectivity index (χ3v) is 2.49. The van der Waals surface area contributed by atoms with Crippen LogP contribution in [-0.2, 0) is 0 Å². The fourth-order valence-corrected chi connectivity index (χ4v) is 1.48. The van der Waals surface area contributed by atoms with Crippen molar-refractivity contribution in [3.8, 4) is 11.6 Å². The van der Waals surface area contributed by atoms with E-state index in [9.17, 15) is 4.39 Å². The highest BCUT2D eigenvalue weighted by atomic mass is 19.1. The Labute approximate surface area is 110 Å². The number of aromatic nitrogens is 2. The van der Waals surface area contributed by atoms with Crippen LogP contribution >= 0.6 is 0 Å². The first-order valence-electron chi connectivity index (χ1n) is 5.76. The number of hydrogen-bond acceptors (Lipinski definition) is 5. The molecule has 2 aromatic rings. The number of rotatable bonds is 5. The van der Waals surface area contributed by atoms with E-state index in [4.69, 9.17) is 9.84 Å². The van der Waals surface area contributed by atoms with Gasteiger partial charge < -0.3 is 14.7 Å². The highest BCUT2D eigenvalue weighted by Gasteiger charge is 2.05. The molecule has 0 saturated heterocycles. The van der Waals surface area contributed by atoms with Crippen molar-refractivity contribution in [3.63, 3.8) is 0 Å². The summed E-state index contributed by atoms with van der Waals surface area (Å²) in [5.41, 5.74) is 0. The normalized spacial score (nSPS) is 10.3. The Morgan fingerprint density at radius 1 is 1.26 bits per heavy atom. The number of likely N-dealkylation sites (N-methyl/N-ethyl adjacent to an activating group) is 1. The minimum absolute atomic E-state index is 0.0364. The van der Waals surface area contributed by atoms with Gasteiger partial charge in [0.2, 0.25) is 5.88 Å². The first-order valence-corrected chi connectivity index (χ1v) is 5.76. The Morgan fingerprint density at radius 2 is 2.00 bits per heavy atom. The van der Waals surface area contributed by atoms with Gasteiger partial charge >= 0.3 is 0 Å². The first kappa shape index (κ1) is 13.2. The molecule has 0 aliphatic rings. The van der Waals surface area contributed by atoms with E-state index in [0.29, 0.717) is 24.0 Å². The highest BCUT2D eigenvalue weighted by molar-refractivity contribution is 5.41. The molecule has 2 rings (SSSR count). The molecule has 0 saturated carbocycles. The van der Waals surface area contributed by atoms with E-state index < -0.39 is 0 Å². The molecule has 5 nitrogen and oxygen atoms in total. The molecule has 0 aliphatic heterocycles. The van der Waals surface area contributed by atoms with Gasteiger partial charge in [0.05, 0.1) is 6.61 Å². The molecule has 1 aromatic heterocycles. The molecule has 0 radical (unpaired) electrons. The lowest BCUT2D eigenvalue weighted by molar-refractivity contribution is 0.303. The van der Waals surface area contributed by atoms with Gasteiger partial charge in [-0.25, -0.2) is 14.4 Å². The fraction of sp³-hybridized carbons (Fsp3) is 0.231. The Kier molecular flexibility index (Phi) is 4.25. The summed E-state index contributed by atoms with van der Waals surface area (Å²) in [4.78, 5) is 9.84. The van der Waals surface area contributed by atoms with E-state index in [-0.39, 0.29) is 12.4 Å². The number of nitrogens with zero attached hydrogens (tertiary/aromatic N) is 3. The lowest BCUT2D eigenvalue weighted by Crippen LogP contribution is -2.22. The second kappa shape index (κ2) is 6.10. The maximum Gasteiger partial charge on any atom is 0.224 e. The van der Waals surface area contributed by atoms with Crippen LogP contribution < -0.4 is 9.64 Å². The highest BCUT2D eigenvalue weighted by Crippen LogP contribution is 2.21. The Hall–Kier alpha value is -2.21. The second-order valence-corrected chi connectivity index (χ2v) is 3.92. The second-order valence-electron chi connectivity index (χ2n) is 3.92. The van der Waals surface area contributed by atoms with Crippen LogP contribution in [0.1, 0.15) is 0 Å². The number of hydrogen-bond donors (Lipinski definition) is 1. The predicted molar refractivity (Wildman–Crippen MR) is 68.9 cm³/mol. The number of aliphatic hydroxyl groups is 1. The van der Waals surface area contributed by atoms with E-state index in [2.05, 4.69) is 9.97 Å². The average molecular weight is 263 g/mol. The summed E-state index contributed by atoms with van der Waals surface area (Å²) in [5.74, 6) is 1.18. The van der Waals surface area contributed by atoms with Crippen LogP contribution in [0.25, 0.3) is 0 Å². The maximum atomic E-state index is 12.8. The van der Waals surface area contributed by atoms with Crippen molar-refractivity contribution in [1.29, 1.82) is 0 Å². The van der Waals surface area contributed by atoms with E-state index in [0.717, 1.165) is 0 Å². The molecule has 0 spiro atoms. The van der Waals surface area contributed by atoms with E-state index >= 15 is 0 Å². The van der Waals surface area contributed by atoms with E-state index in [1.807, 2.05) is 0 Å². The molecular weight excluding hydrogens is 249 g/mol. The number of benzene rings is 1. The van der Waals surface area contributed by atoms with Gasteiger partial charge in [0.1, 0.15) is 23.7 Å². The largest absolute Gasteiger partial charge is 0.439 e. The van der Waals surface area contributed by atoms with Gasteiger partial charge in [-0.05, 0) is 24.3 Å². The number of aliphatic hydroxyl groups excluding tert-OH is 1. The number of anilines is 1. The minimum Gasteiger partial charge on any atom is -0.439 e. The number of ether oxygens (including phenoxy) is 1. The Morgan fingerprint density at radius 3 is 2.68 bits per heavy atom. The summed E-state index contributed by atoms with van der Waals surface area (Å²) in [6.45, 7) is 0.502. The molecule has 0 aliphatic carbocycles. The van der Waals surface area contributed by atoms with Gasteiger partial charge in [-0.2, -0.15) is 0 Å². The number of halogens is 1. The smallest absolute Gasteiger partial charge is 0.224 e. The molecule has 0 bridgehead atoms. The van der Waals surface area contributed by atoms with Crippen molar-refractivity contribution < 1.29 is 14.2 Å². The summed E-state index contributed by atoms with van der Waals surface area (Å²) >= 11 is 0. The predicted octanol–water partition coefficient (Wildman–Crippen LogP) is 1.84. The molecule has 0 unspecified atom stereocenters. The van der Waals surface area contributed by atoms with Crippen LogP contribution in [0.15, 0.2) is 36.7 Å². The fourth-order valence-electron chi connectivity index (χ4n) is 1.48. The standard InChI is InChI=1S/C13H14FN3O2/c1-17(6-7-18)12-8-13(16-9-15-12)19-11-4-2-10(14)3-5-11/h2-5,8-9,18H,6-7H2,1H3. The quantitative estimate of drug-likeness (QED) is 0.892. The molecule has 19 heavy (non-hydrogen) atoms. The van der Waals surface area contributed by atoms with E-state index in [1.165, 1.54) is 30.6 Å². The minimum atomic E-state index is -0.321. The van der Waals surface area contributed by atoms with E-state index in [1.54, 1.807) is 18.0 Å². The lowest BCUT2D eigenvalue weighted by atomic mass is 10.3. The molecule has 0 amide bonds. The van der Waals surface area contributed by atoms with Crippen LogP contribution in [0.2, 0.25) is 0 Å². The third-order valence-electron chi connectivity index (χ3n) is 2.49. The summed E-state index contributed by atoms with van der Waals surface area (Å²) in [6.07, 6.45) is 1.38. The SMILES string of the molecule is CN(CCO)c1cc(Oc2ccc(F)cc2)ncn1. The summed E-state index contributed by atoms with van der Waals surface area (Å²) in [6, 6.07) is 7.33. The van der Waals surface area contributed by atoms with Crippen molar-refractivity contribution in [2.45, 2.75) is 0 Å². The van der Waals surface area contributed by atoms with Gasteiger partial charge in [-0.1, -0.05) is 0 Å². The van der Waals surface area contributed by atoms with Crippen LogP contribution in [-0.4, -0.2) is 35.3 Å². The van der Waals surface area contributed by atoms with Crippen LogP contribution in [0.3, 0.4) is 0 Å². The van der Waals surface area contributed by atoms with Crippen LogP contribution in [0.5, 0.6) is 11.6 Å². The molecule has 100 valence electrons. The van der Waals surface area contributed by atoms with Crippen molar-refractivity contribution in [2.24, 2.45) is 0 Å². The lowest BCUT2D eigenvalue weighted by Gasteiger charge is -2.16. The Balaban J connectivity index is 2.12. The van der Waals surface area contributed by atoms with Gasteiger partial charge in [-0.3, -0.25) is 0 Å². The average Bonchev–Trinajstić information content (AvgIpc) is 2.42. The Bertz CT molecular complexity index is 534. The molecular formula is C13H14FN3O2. The first-order chi connectivity index (χ1) is 9.19. The molecule has 6 heteroatoms. The summed E-state index contributed by atoms with van der Waals surface area (Å²) in [5, 5.41) is 8.88. The van der Waals surface area contributed by atoms with Crippen molar-refractivity contribution >= 4 is 5.82 Å². The monoisotopic (exact) mass is 263 g/mol. The zero-order valence-corrected chi connectivity index (χ0v) is 10.5. The molecule has 0 fully saturated rings. The van der Waals surface area contributed by atoms with Crippen molar-refractivity contribution in [2.75, 3.05) is 25.1 Å². The topological polar surface area (TPSA) is 58.5 Å².